The molecule has 0 amide bonds. The van der Waals surface area contributed by atoms with Gasteiger partial charge in [0.15, 0.2) is 0 Å². The molecule has 2 atom stereocenters. The summed E-state index contributed by atoms with van der Waals surface area (Å²) in [7, 11) is 4.15. The molecule has 0 bridgehead atoms. The highest BCUT2D eigenvalue weighted by Gasteiger charge is 2.19. The van der Waals surface area contributed by atoms with Crippen LogP contribution in [0.1, 0.15) is 50.3 Å². The molecule has 0 aliphatic heterocycles. The van der Waals surface area contributed by atoms with Crippen LogP contribution in [0.15, 0.2) is 4.79 Å². The molecule has 0 aliphatic carbocycles. The Kier molecular flexibility index (Phi) is 6.55. The summed E-state index contributed by atoms with van der Waals surface area (Å²) >= 11 is 0. The monoisotopic (exact) mass is 294 g/mol. The van der Waals surface area contributed by atoms with Crippen LogP contribution in [-0.4, -0.2) is 41.5 Å². The molecule has 5 nitrogen and oxygen atoms in total. The lowest BCUT2D eigenvalue weighted by Crippen LogP contribution is -2.42. The molecular weight excluding hydrogens is 264 g/mol. The quantitative estimate of drug-likeness (QED) is 0.807. The summed E-state index contributed by atoms with van der Waals surface area (Å²) in [6.07, 6.45) is 1.08. The lowest BCUT2D eigenvalue weighted by molar-refractivity contribution is 0.290. The molecule has 0 radical (unpaired) electrons. The fraction of sp³-hybridized carbons (Fsp3) is 0.750. The first-order chi connectivity index (χ1) is 9.70. The molecule has 120 valence electrons. The lowest BCUT2D eigenvalue weighted by Gasteiger charge is -2.27. The molecule has 2 unspecified atom stereocenters. The van der Waals surface area contributed by atoms with E-state index in [0.29, 0.717) is 17.8 Å². The molecule has 0 aromatic carbocycles. The largest absolute Gasteiger partial charge is 0.310 e. The first-order valence-electron chi connectivity index (χ1n) is 7.68. The lowest BCUT2D eigenvalue weighted by atomic mass is 10.0. The molecule has 0 aliphatic rings. The molecule has 1 heterocycles. The minimum Gasteiger partial charge on any atom is -0.310 e. The molecule has 5 heteroatoms. The van der Waals surface area contributed by atoms with Gasteiger partial charge in [-0.15, -0.1) is 0 Å². The van der Waals surface area contributed by atoms with E-state index in [4.69, 9.17) is 0 Å². The number of aromatic amines is 1. The van der Waals surface area contributed by atoms with E-state index in [1.807, 2.05) is 20.8 Å². The van der Waals surface area contributed by atoms with Crippen molar-refractivity contribution in [2.45, 2.75) is 53.1 Å². The summed E-state index contributed by atoms with van der Waals surface area (Å²) in [5.41, 5.74) is 1.52. The summed E-state index contributed by atoms with van der Waals surface area (Å²) in [6, 6.07) is 0.348. The molecule has 0 saturated carbocycles. The van der Waals surface area contributed by atoms with Crippen LogP contribution in [0.5, 0.6) is 0 Å². The Bertz CT molecular complexity index is 497. The van der Waals surface area contributed by atoms with Crippen LogP contribution in [0.4, 0.5) is 0 Å². The fourth-order valence-corrected chi connectivity index (χ4v) is 2.89. The number of aromatic nitrogens is 2. The Morgan fingerprint density at radius 1 is 1.24 bits per heavy atom. The Morgan fingerprint density at radius 3 is 2.33 bits per heavy atom. The molecule has 0 fully saturated rings. The summed E-state index contributed by atoms with van der Waals surface area (Å²) in [6.45, 7) is 11.2. The molecule has 1 aromatic rings. The summed E-state index contributed by atoms with van der Waals surface area (Å²) in [5.74, 6) is 1.28. The predicted molar refractivity (Wildman–Crippen MR) is 87.7 cm³/mol. The van der Waals surface area contributed by atoms with E-state index < -0.39 is 0 Å². The third-order valence-electron chi connectivity index (χ3n) is 3.52. The molecule has 1 aromatic heterocycles. The molecule has 0 saturated heterocycles. The average Bonchev–Trinajstić information content (AvgIpc) is 2.24. The number of aryl methyl sites for hydroxylation is 2. The maximum absolute atomic E-state index is 12.2. The van der Waals surface area contributed by atoms with Crippen LogP contribution in [-0.2, 0) is 0 Å². The molecule has 21 heavy (non-hydrogen) atoms. The zero-order chi connectivity index (χ0) is 16.2. The zero-order valence-corrected chi connectivity index (χ0v) is 14.4. The fourth-order valence-electron chi connectivity index (χ4n) is 2.89. The van der Waals surface area contributed by atoms with Gasteiger partial charge in [-0.05, 0) is 47.2 Å². The van der Waals surface area contributed by atoms with Gasteiger partial charge < -0.3 is 15.2 Å². The normalized spacial score (nSPS) is 14.7. The van der Waals surface area contributed by atoms with Crippen molar-refractivity contribution in [1.82, 2.24) is 20.2 Å². The van der Waals surface area contributed by atoms with Crippen LogP contribution in [0.3, 0.4) is 0 Å². The van der Waals surface area contributed by atoms with Crippen molar-refractivity contribution in [3.8, 4) is 0 Å². The van der Waals surface area contributed by atoms with Crippen LogP contribution in [0.2, 0.25) is 0 Å². The van der Waals surface area contributed by atoms with E-state index in [1.54, 1.807) is 0 Å². The molecule has 0 spiro atoms. The summed E-state index contributed by atoms with van der Waals surface area (Å²) in [4.78, 5) is 21.5. The van der Waals surface area contributed by atoms with E-state index in [1.165, 1.54) is 0 Å². The van der Waals surface area contributed by atoms with E-state index >= 15 is 0 Å². The average molecular weight is 294 g/mol. The van der Waals surface area contributed by atoms with Gasteiger partial charge in [0, 0.05) is 24.3 Å². The van der Waals surface area contributed by atoms with Gasteiger partial charge >= 0.3 is 0 Å². The summed E-state index contributed by atoms with van der Waals surface area (Å²) in [5, 5.41) is 3.60. The number of nitrogens with one attached hydrogen (secondary N) is 2. The van der Waals surface area contributed by atoms with Gasteiger partial charge in [0.05, 0.1) is 5.56 Å². The van der Waals surface area contributed by atoms with Gasteiger partial charge in [-0.2, -0.15) is 0 Å². The van der Waals surface area contributed by atoms with E-state index in [0.717, 1.165) is 24.2 Å². The first-order valence-corrected chi connectivity index (χ1v) is 7.68. The second-order valence-corrected chi connectivity index (χ2v) is 6.63. The predicted octanol–water partition coefficient (Wildman–Crippen LogP) is 2.01. The Balaban J connectivity index is 2.91. The molecule has 1 rings (SSSR count). The first kappa shape index (κ1) is 17.9. The van der Waals surface area contributed by atoms with E-state index in [2.05, 4.69) is 48.1 Å². The van der Waals surface area contributed by atoms with Crippen LogP contribution >= 0.6 is 0 Å². The molecular formula is C16H30N4O. The number of rotatable bonds is 7. The third kappa shape index (κ3) is 5.59. The van der Waals surface area contributed by atoms with Gasteiger partial charge in [-0.25, -0.2) is 4.98 Å². The Morgan fingerprint density at radius 2 is 1.86 bits per heavy atom. The summed E-state index contributed by atoms with van der Waals surface area (Å²) < 4.78 is 0. The smallest absolute Gasteiger partial charge is 0.255 e. The maximum atomic E-state index is 12.2. The number of likely N-dealkylation sites (N-methyl/N-ethyl adjacent to an activating group) is 1. The third-order valence-corrected chi connectivity index (χ3v) is 3.52. The van der Waals surface area contributed by atoms with Gasteiger partial charge in [-0.3, -0.25) is 4.79 Å². The van der Waals surface area contributed by atoms with Crippen LogP contribution in [0, 0.1) is 19.8 Å². The van der Waals surface area contributed by atoms with Crippen LogP contribution in [0.25, 0.3) is 0 Å². The number of H-pyrrole nitrogens is 1. The van der Waals surface area contributed by atoms with Crippen LogP contribution < -0.4 is 10.9 Å². The Labute approximate surface area is 128 Å². The van der Waals surface area contributed by atoms with Gasteiger partial charge in [-0.1, -0.05) is 13.8 Å². The number of hydrogen-bond acceptors (Lipinski definition) is 4. The van der Waals surface area contributed by atoms with Crippen molar-refractivity contribution >= 4 is 0 Å². The second kappa shape index (κ2) is 7.71. The highest BCUT2D eigenvalue weighted by atomic mass is 16.1. The standard InChI is InChI=1S/C16H30N4O/c1-10(2)8-14(9-20(6)7)18-12(4)15-11(3)17-13(5)19-16(15)21/h10,12,14,18H,8-9H2,1-7H3,(H,17,19,21). The minimum absolute atomic E-state index is 0.00875. The topological polar surface area (TPSA) is 61.0 Å². The van der Waals surface area contributed by atoms with E-state index in [-0.39, 0.29) is 11.6 Å². The van der Waals surface area contributed by atoms with Crippen molar-refractivity contribution in [3.63, 3.8) is 0 Å². The SMILES string of the molecule is Cc1nc(C)c(C(C)NC(CC(C)C)CN(C)C)c(=O)[nH]1. The van der Waals surface area contributed by atoms with Crippen molar-refractivity contribution in [2.75, 3.05) is 20.6 Å². The van der Waals surface area contributed by atoms with Crippen molar-refractivity contribution in [2.24, 2.45) is 5.92 Å². The number of nitrogens with zero attached hydrogens (tertiary/aromatic N) is 2. The highest BCUT2D eigenvalue weighted by Crippen LogP contribution is 2.15. The van der Waals surface area contributed by atoms with Crippen molar-refractivity contribution < 1.29 is 0 Å². The second-order valence-electron chi connectivity index (χ2n) is 6.63. The molecule has 2 N–H and O–H groups in total. The van der Waals surface area contributed by atoms with Crippen molar-refractivity contribution in [3.05, 3.63) is 27.4 Å². The van der Waals surface area contributed by atoms with E-state index in [9.17, 15) is 4.79 Å². The number of hydrogen-bond donors (Lipinski definition) is 2. The highest BCUT2D eigenvalue weighted by molar-refractivity contribution is 5.20. The minimum atomic E-state index is -0.0341. The van der Waals surface area contributed by atoms with Gasteiger partial charge in [0.1, 0.15) is 5.82 Å². The van der Waals surface area contributed by atoms with Crippen molar-refractivity contribution in [1.29, 1.82) is 0 Å². The van der Waals surface area contributed by atoms with Gasteiger partial charge in [0.25, 0.3) is 5.56 Å². The Hall–Kier alpha value is -1.20. The zero-order valence-electron chi connectivity index (χ0n) is 14.4. The maximum Gasteiger partial charge on any atom is 0.255 e. The van der Waals surface area contributed by atoms with Gasteiger partial charge in [0.2, 0.25) is 0 Å².